The first kappa shape index (κ1) is 21.0. The molecule has 12 heteroatoms. The van der Waals surface area contributed by atoms with Crippen LogP contribution in [0.25, 0.3) is 0 Å². The van der Waals surface area contributed by atoms with Crippen LogP contribution in [0.5, 0.6) is 0 Å². The number of carbonyl (C=O) groups is 2. The lowest BCUT2D eigenvalue weighted by Gasteiger charge is -2.27. The molecule has 0 bridgehead atoms. The minimum Gasteiger partial charge on any atom is -0.378 e. The number of halogens is 2. The van der Waals surface area contributed by atoms with Crippen molar-refractivity contribution in [2.75, 3.05) is 48.8 Å². The van der Waals surface area contributed by atoms with Crippen LogP contribution >= 0.6 is 11.8 Å². The van der Waals surface area contributed by atoms with Crippen molar-refractivity contribution in [2.24, 2.45) is 7.05 Å². The van der Waals surface area contributed by atoms with Crippen LogP contribution in [0, 0.1) is 11.6 Å². The van der Waals surface area contributed by atoms with E-state index in [1.165, 1.54) is 17.8 Å². The van der Waals surface area contributed by atoms with E-state index in [1.54, 1.807) is 4.57 Å². The molecular formula is C17H20F2N6O3S. The largest absolute Gasteiger partial charge is 0.378 e. The number of benzene rings is 1. The fourth-order valence-corrected chi connectivity index (χ4v) is 3.35. The van der Waals surface area contributed by atoms with Gasteiger partial charge >= 0.3 is 0 Å². The van der Waals surface area contributed by atoms with Crippen molar-refractivity contribution < 1.29 is 23.1 Å². The zero-order valence-corrected chi connectivity index (χ0v) is 16.5. The molecule has 0 radical (unpaired) electrons. The van der Waals surface area contributed by atoms with E-state index in [-0.39, 0.29) is 23.9 Å². The van der Waals surface area contributed by atoms with Crippen LogP contribution in [0.15, 0.2) is 23.4 Å². The molecule has 1 aliphatic heterocycles. The van der Waals surface area contributed by atoms with Gasteiger partial charge in [-0.3, -0.25) is 14.2 Å². The van der Waals surface area contributed by atoms with Gasteiger partial charge in [0.1, 0.15) is 0 Å². The van der Waals surface area contributed by atoms with Gasteiger partial charge in [-0.05, 0) is 12.1 Å². The molecule has 2 heterocycles. The van der Waals surface area contributed by atoms with E-state index >= 15 is 0 Å². The molecule has 1 aromatic carbocycles. The van der Waals surface area contributed by atoms with Crippen LogP contribution < -0.4 is 15.5 Å². The zero-order valence-electron chi connectivity index (χ0n) is 15.7. The Labute approximate surface area is 169 Å². The van der Waals surface area contributed by atoms with Gasteiger partial charge < -0.3 is 20.3 Å². The summed E-state index contributed by atoms with van der Waals surface area (Å²) in [6, 6.07) is 3.01. The summed E-state index contributed by atoms with van der Waals surface area (Å²) in [5, 5.41) is 13.7. The van der Waals surface area contributed by atoms with Crippen LogP contribution in [0.4, 0.5) is 20.4 Å². The fraction of sp³-hybridized carbons (Fsp3) is 0.412. The van der Waals surface area contributed by atoms with E-state index in [1.807, 2.05) is 7.05 Å². The number of carbonyl (C=O) groups excluding carboxylic acids is 2. The molecule has 3 rings (SSSR count). The van der Waals surface area contributed by atoms with E-state index < -0.39 is 17.5 Å². The van der Waals surface area contributed by atoms with Gasteiger partial charge in [-0.1, -0.05) is 11.8 Å². The third-order valence-corrected chi connectivity index (χ3v) is 5.11. The molecule has 0 aliphatic carbocycles. The molecule has 0 saturated carbocycles. The first-order valence-corrected chi connectivity index (χ1v) is 9.79. The highest BCUT2D eigenvalue weighted by Gasteiger charge is 2.19. The summed E-state index contributed by atoms with van der Waals surface area (Å²) in [5.41, 5.74) is 0.104. The molecule has 1 aromatic heterocycles. The summed E-state index contributed by atoms with van der Waals surface area (Å²) in [6.45, 7) is 2.42. The number of hydrogen-bond donors (Lipinski definition) is 2. The highest BCUT2D eigenvalue weighted by Crippen LogP contribution is 2.20. The summed E-state index contributed by atoms with van der Waals surface area (Å²) >= 11 is 1.20. The molecule has 29 heavy (non-hydrogen) atoms. The number of rotatable bonds is 7. The van der Waals surface area contributed by atoms with Gasteiger partial charge in [0, 0.05) is 31.9 Å². The van der Waals surface area contributed by atoms with Crippen molar-refractivity contribution in [3.8, 4) is 0 Å². The third-order valence-electron chi connectivity index (χ3n) is 4.09. The van der Waals surface area contributed by atoms with Crippen molar-refractivity contribution in [2.45, 2.75) is 5.16 Å². The molecule has 1 fully saturated rings. The number of anilines is 2. The molecule has 1 aliphatic rings. The highest BCUT2D eigenvalue weighted by atomic mass is 32.2. The number of hydrogen-bond acceptors (Lipinski definition) is 7. The van der Waals surface area contributed by atoms with Crippen LogP contribution in [-0.2, 0) is 21.4 Å². The van der Waals surface area contributed by atoms with Crippen LogP contribution in [0.1, 0.15) is 0 Å². The Hall–Kier alpha value is -2.73. The molecule has 0 unspecified atom stereocenters. The van der Waals surface area contributed by atoms with E-state index in [0.717, 1.165) is 25.2 Å². The SMILES string of the molecule is Cn1c(SCC(=O)NCC(=O)Nc2ccc(F)c(F)c2)nnc1N1CCOCC1. The molecule has 2 N–H and O–H groups in total. The lowest BCUT2D eigenvalue weighted by Crippen LogP contribution is -2.37. The van der Waals surface area contributed by atoms with E-state index in [9.17, 15) is 18.4 Å². The summed E-state index contributed by atoms with van der Waals surface area (Å²) in [5.74, 6) is -2.23. The smallest absolute Gasteiger partial charge is 0.243 e. The van der Waals surface area contributed by atoms with Gasteiger partial charge in [0.25, 0.3) is 0 Å². The maximum absolute atomic E-state index is 13.1. The van der Waals surface area contributed by atoms with Gasteiger partial charge in [-0.15, -0.1) is 10.2 Å². The predicted octanol–water partition coefficient (Wildman–Crippen LogP) is 0.777. The van der Waals surface area contributed by atoms with Crippen molar-refractivity contribution in [1.29, 1.82) is 0 Å². The molecule has 9 nitrogen and oxygen atoms in total. The average Bonchev–Trinajstić information content (AvgIpc) is 3.08. The third kappa shape index (κ3) is 5.64. The van der Waals surface area contributed by atoms with Crippen molar-refractivity contribution in [3.63, 3.8) is 0 Å². The van der Waals surface area contributed by atoms with Crippen molar-refractivity contribution in [1.82, 2.24) is 20.1 Å². The van der Waals surface area contributed by atoms with Gasteiger partial charge in [0.15, 0.2) is 16.8 Å². The second-order valence-electron chi connectivity index (χ2n) is 6.18. The molecule has 0 atom stereocenters. The Morgan fingerprint density at radius 3 is 2.66 bits per heavy atom. The monoisotopic (exact) mass is 426 g/mol. The lowest BCUT2D eigenvalue weighted by molar-refractivity contribution is -0.122. The first-order valence-electron chi connectivity index (χ1n) is 8.80. The van der Waals surface area contributed by atoms with Crippen molar-refractivity contribution in [3.05, 3.63) is 29.8 Å². The van der Waals surface area contributed by atoms with E-state index in [0.29, 0.717) is 24.3 Å². The van der Waals surface area contributed by atoms with Gasteiger partial charge in [-0.25, -0.2) is 8.78 Å². The summed E-state index contributed by atoms with van der Waals surface area (Å²) in [7, 11) is 1.82. The Morgan fingerprint density at radius 1 is 1.17 bits per heavy atom. The number of thioether (sulfide) groups is 1. The lowest BCUT2D eigenvalue weighted by atomic mass is 10.3. The minimum atomic E-state index is -1.07. The van der Waals surface area contributed by atoms with Gasteiger partial charge in [0.2, 0.25) is 17.8 Å². The molecule has 0 spiro atoms. The normalized spacial score (nSPS) is 14.0. The molecule has 156 valence electrons. The average molecular weight is 426 g/mol. The van der Waals surface area contributed by atoms with E-state index in [4.69, 9.17) is 4.74 Å². The highest BCUT2D eigenvalue weighted by molar-refractivity contribution is 7.99. The maximum atomic E-state index is 13.1. The molecular weight excluding hydrogens is 406 g/mol. The second-order valence-corrected chi connectivity index (χ2v) is 7.13. The molecule has 2 amide bonds. The molecule has 1 saturated heterocycles. The predicted molar refractivity (Wildman–Crippen MR) is 103 cm³/mol. The van der Waals surface area contributed by atoms with Crippen LogP contribution in [-0.4, -0.2) is 65.2 Å². The van der Waals surface area contributed by atoms with Crippen molar-refractivity contribution >= 4 is 35.2 Å². The van der Waals surface area contributed by atoms with E-state index in [2.05, 4.69) is 25.7 Å². The number of amides is 2. The Balaban J connectivity index is 1.43. The second kappa shape index (κ2) is 9.65. The minimum absolute atomic E-state index is 0.0491. The maximum Gasteiger partial charge on any atom is 0.243 e. The first-order chi connectivity index (χ1) is 13.9. The number of ether oxygens (including phenoxy) is 1. The molecule has 2 aromatic rings. The van der Waals surface area contributed by atoms with Gasteiger partial charge in [-0.2, -0.15) is 0 Å². The zero-order chi connectivity index (χ0) is 20.8. The Morgan fingerprint density at radius 2 is 1.93 bits per heavy atom. The summed E-state index contributed by atoms with van der Waals surface area (Å²) in [4.78, 5) is 25.9. The summed E-state index contributed by atoms with van der Waals surface area (Å²) in [6.07, 6.45) is 0. The number of morpholine rings is 1. The fourth-order valence-electron chi connectivity index (χ4n) is 2.61. The quantitative estimate of drug-likeness (QED) is 0.631. The number of aromatic nitrogens is 3. The van der Waals surface area contributed by atoms with Crippen LogP contribution in [0.3, 0.4) is 0 Å². The Bertz CT molecular complexity index is 888. The number of nitrogens with one attached hydrogen (secondary N) is 2. The summed E-state index contributed by atoms with van der Waals surface area (Å²) < 4.78 is 33.1. The topological polar surface area (TPSA) is 101 Å². The number of nitrogens with zero attached hydrogens (tertiary/aromatic N) is 4. The standard InChI is InChI=1S/C17H20F2N6O3S/c1-24-16(25-4-6-28-7-5-25)22-23-17(24)29-10-15(27)20-9-14(26)21-11-2-3-12(18)13(19)8-11/h2-3,8H,4-7,9-10H2,1H3,(H,20,27)(H,21,26). The van der Waals surface area contributed by atoms with Gasteiger partial charge in [0.05, 0.1) is 25.5 Å². The van der Waals surface area contributed by atoms with Crippen LogP contribution in [0.2, 0.25) is 0 Å². The Kier molecular flexibility index (Phi) is 6.99.